The molecule has 0 aliphatic carbocycles. The molecule has 52 valence electrons. The van der Waals surface area contributed by atoms with E-state index < -0.39 is 17.8 Å². The molecule has 0 heterocycles. The number of carboxylic acids is 1. The minimum absolute atomic E-state index is 0.692. The van der Waals surface area contributed by atoms with Crippen molar-refractivity contribution in [3.8, 4) is 0 Å². The van der Waals surface area contributed by atoms with Crippen molar-refractivity contribution in [2.24, 2.45) is 11.8 Å². The molecule has 1 amide bonds. The lowest BCUT2D eigenvalue weighted by molar-refractivity contribution is -0.146. The Morgan fingerprint density at radius 2 is 2.11 bits per heavy atom. The molecule has 0 bridgehead atoms. The molecule has 1 unspecified atom stereocenters. The minimum Gasteiger partial charge on any atom is -0.481 e. The molecule has 9 heavy (non-hydrogen) atoms. The number of amides is 1. The summed E-state index contributed by atoms with van der Waals surface area (Å²) < 4.78 is 0. The lowest BCUT2D eigenvalue weighted by Crippen LogP contribution is -2.37. The fraction of sp³-hybridized carbons (Fsp3) is 0.500. The highest BCUT2D eigenvalue weighted by molar-refractivity contribution is 5.96. The van der Waals surface area contributed by atoms with Crippen molar-refractivity contribution in [3.63, 3.8) is 0 Å². The van der Waals surface area contributed by atoms with Crippen LogP contribution in [0.15, 0.2) is 0 Å². The van der Waals surface area contributed by atoms with Gasteiger partial charge in [-0.3, -0.25) is 15.0 Å². The molecular weight excluding hydrogens is 124 g/mol. The average Bonchev–Trinajstić information content (AvgIpc) is 1.84. The summed E-state index contributed by atoms with van der Waals surface area (Å²) in [5.41, 5.74) is 1.73. The van der Waals surface area contributed by atoms with Crippen LogP contribution in [0, 0.1) is 5.92 Å². The quantitative estimate of drug-likeness (QED) is 0.188. The highest BCUT2D eigenvalue weighted by atomic mass is 16.4. The Kier molecular flexibility index (Phi) is 2.66. The Hall–Kier alpha value is -1.10. The van der Waals surface area contributed by atoms with E-state index in [1.54, 1.807) is 5.43 Å². The van der Waals surface area contributed by atoms with Gasteiger partial charge in [-0.05, 0) is 6.92 Å². The molecule has 0 saturated carbocycles. The third-order valence-corrected chi connectivity index (χ3v) is 0.906. The normalized spacial score (nSPS) is 12.2. The number of rotatable bonds is 2. The number of nitrogens with one attached hydrogen (secondary N) is 1. The monoisotopic (exact) mass is 132 g/mol. The maximum atomic E-state index is 10.3. The summed E-state index contributed by atoms with van der Waals surface area (Å²) in [6.07, 6.45) is 0. The summed E-state index contributed by atoms with van der Waals surface area (Å²) in [5, 5.41) is 8.17. The maximum absolute atomic E-state index is 10.3. The summed E-state index contributed by atoms with van der Waals surface area (Å²) >= 11 is 0. The van der Waals surface area contributed by atoms with Crippen LogP contribution in [-0.4, -0.2) is 17.0 Å². The predicted molar refractivity (Wildman–Crippen MR) is 29.1 cm³/mol. The number of carbonyl (C=O) groups is 2. The van der Waals surface area contributed by atoms with Crippen molar-refractivity contribution < 1.29 is 14.7 Å². The zero-order valence-corrected chi connectivity index (χ0v) is 4.92. The molecule has 0 rings (SSSR count). The molecular formula is C4H8N2O3. The summed E-state index contributed by atoms with van der Waals surface area (Å²) in [6, 6.07) is 0. The molecule has 0 saturated heterocycles. The first kappa shape index (κ1) is 7.90. The molecule has 0 aliphatic heterocycles. The van der Waals surface area contributed by atoms with Crippen LogP contribution in [0.5, 0.6) is 0 Å². The van der Waals surface area contributed by atoms with Gasteiger partial charge in [-0.25, -0.2) is 5.84 Å². The molecule has 0 aliphatic rings. The maximum Gasteiger partial charge on any atom is 0.315 e. The van der Waals surface area contributed by atoms with Crippen LogP contribution in [0.3, 0.4) is 0 Å². The molecule has 5 heteroatoms. The number of hydrazine groups is 1. The Labute approximate surface area is 51.8 Å². The average molecular weight is 132 g/mol. The second-order valence-electron chi connectivity index (χ2n) is 1.57. The smallest absolute Gasteiger partial charge is 0.315 e. The zero-order valence-electron chi connectivity index (χ0n) is 4.92. The molecule has 4 N–H and O–H groups in total. The third-order valence-electron chi connectivity index (χ3n) is 0.906. The topological polar surface area (TPSA) is 92.4 Å². The molecule has 5 nitrogen and oxygen atoms in total. The Bertz CT molecular complexity index is 134. The third kappa shape index (κ3) is 2.09. The van der Waals surface area contributed by atoms with Crippen LogP contribution in [0.1, 0.15) is 6.92 Å². The van der Waals surface area contributed by atoms with Crippen LogP contribution in [0.25, 0.3) is 0 Å². The zero-order chi connectivity index (χ0) is 7.44. The summed E-state index contributed by atoms with van der Waals surface area (Å²) in [5.74, 6) is 1.70. The van der Waals surface area contributed by atoms with Gasteiger partial charge in [0, 0.05) is 0 Å². The van der Waals surface area contributed by atoms with E-state index in [2.05, 4.69) is 5.84 Å². The summed E-state index contributed by atoms with van der Waals surface area (Å²) in [7, 11) is 0. The van der Waals surface area contributed by atoms with E-state index in [1.807, 2.05) is 0 Å². The number of aliphatic carboxylic acids is 1. The predicted octanol–water partition coefficient (Wildman–Crippen LogP) is -1.30. The molecule has 0 fully saturated rings. The second kappa shape index (κ2) is 3.03. The molecule has 0 aromatic rings. The summed E-state index contributed by atoms with van der Waals surface area (Å²) in [6.45, 7) is 1.25. The van der Waals surface area contributed by atoms with Crippen molar-refractivity contribution in [2.75, 3.05) is 0 Å². The number of hydrogen-bond donors (Lipinski definition) is 3. The Balaban J connectivity index is 3.88. The van der Waals surface area contributed by atoms with E-state index in [-0.39, 0.29) is 0 Å². The number of carboxylic acid groups (broad SMARTS) is 1. The standard InChI is InChI=1S/C4H8N2O3/c1-2(4(8)9)3(7)6-5/h2H,5H2,1H3,(H,6,7)(H,8,9). The number of carbonyl (C=O) groups excluding carboxylic acids is 1. The van der Waals surface area contributed by atoms with Crippen molar-refractivity contribution >= 4 is 11.9 Å². The first-order chi connectivity index (χ1) is 4.09. The van der Waals surface area contributed by atoms with Crippen LogP contribution >= 0.6 is 0 Å². The van der Waals surface area contributed by atoms with E-state index in [0.29, 0.717) is 0 Å². The molecule has 0 aromatic heterocycles. The Morgan fingerprint density at radius 3 is 2.22 bits per heavy atom. The lowest BCUT2D eigenvalue weighted by atomic mass is 10.2. The first-order valence-corrected chi connectivity index (χ1v) is 2.33. The van der Waals surface area contributed by atoms with E-state index in [9.17, 15) is 9.59 Å². The van der Waals surface area contributed by atoms with Gasteiger partial charge in [-0.1, -0.05) is 0 Å². The van der Waals surface area contributed by atoms with Crippen molar-refractivity contribution in [3.05, 3.63) is 0 Å². The van der Waals surface area contributed by atoms with E-state index in [1.165, 1.54) is 6.92 Å². The van der Waals surface area contributed by atoms with Crippen LogP contribution < -0.4 is 11.3 Å². The SMILES string of the molecule is CC(C(=O)O)C(=O)NN. The van der Waals surface area contributed by atoms with Gasteiger partial charge in [0.05, 0.1) is 0 Å². The van der Waals surface area contributed by atoms with Crippen molar-refractivity contribution in [1.29, 1.82) is 0 Å². The Morgan fingerprint density at radius 1 is 1.67 bits per heavy atom. The largest absolute Gasteiger partial charge is 0.481 e. The van der Waals surface area contributed by atoms with Gasteiger partial charge < -0.3 is 5.11 Å². The molecule has 1 atom stereocenters. The van der Waals surface area contributed by atoms with Crippen LogP contribution in [0.2, 0.25) is 0 Å². The molecule has 0 radical (unpaired) electrons. The number of hydrogen-bond acceptors (Lipinski definition) is 3. The summed E-state index contributed by atoms with van der Waals surface area (Å²) in [4.78, 5) is 20.3. The van der Waals surface area contributed by atoms with Crippen LogP contribution in [0.4, 0.5) is 0 Å². The van der Waals surface area contributed by atoms with Crippen molar-refractivity contribution in [1.82, 2.24) is 5.43 Å². The van der Waals surface area contributed by atoms with E-state index in [0.717, 1.165) is 0 Å². The minimum atomic E-state index is -1.18. The molecule has 0 aromatic carbocycles. The second-order valence-corrected chi connectivity index (χ2v) is 1.57. The fourth-order valence-electron chi connectivity index (χ4n) is 0.237. The van der Waals surface area contributed by atoms with E-state index in [4.69, 9.17) is 5.11 Å². The lowest BCUT2D eigenvalue weighted by Gasteiger charge is -2.01. The van der Waals surface area contributed by atoms with Gasteiger partial charge in [0.2, 0.25) is 5.91 Å². The molecule has 0 spiro atoms. The van der Waals surface area contributed by atoms with E-state index >= 15 is 0 Å². The number of nitrogens with two attached hydrogens (primary N) is 1. The van der Waals surface area contributed by atoms with Gasteiger partial charge in [0.1, 0.15) is 5.92 Å². The van der Waals surface area contributed by atoms with Gasteiger partial charge in [-0.15, -0.1) is 0 Å². The van der Waals surface area contributed by atoms with Gasteiger partial charge >= 0.3 is 5.97 Å². The van der Waals surface area contributed by atoms with Gasteiger partial charge in [-0.2, -0.15) is 0 Å². The highest BCUT2D eigenvalue weighted by Crippen LogP contribution is 1.91. The first-order valence-electron chi connectivity index (χ1n) is 2.33. The fourth-order valence-corrected chi connectivity index (χ4v) is 0.237. The highest BCUT2D eigenvalue weighted by Gasteiger charge is 2.18. The van der Waals surface area contributed by atoms with Crippen LogP contribution in [-0.2, 0) is 9.59 Å². The van der Waals surface area contributed by atoms with Gasteiger partial charge in [0.15, 0.2) is 0 Å². The van der Waals surface area contributed by atoms with Gasteiger partial charge in [0.25, 0.3) is 0 Å². The van der Waals surface area contributed by atoms with Crippen molar-refractivity contribution in [2.45, 2.75) is 6.92 Å².